The third-order valence-corrected chi connectivity index (χ3v) is 2.83. The van der Waals surface area contributed by atoms with Gasteiger partial charge in [0.25, 0.3) is 5.91 Å². The van der Waals surface area contributed by atoms with Gasteiger partial charge in [0, 0.05) is 19.0 Å². The number of amides is 1. The van der Waals surface area contributed by atoms with E-state index in [1.807, 2.05) is 6.92 Å². The molecule has 1 heterocycles. The Morgan fingerprint density at radius 3 is 3.00 bits per heavy atom. The Labute approximate surface area is 92.7 Å². The van der Waals surface area contributed by atoms with Gasteiger partial charge in [-0.15, -0.1) is 22.9 Å². The normalized spacial score (nSPS) is 12.5. The number of nitrogens with zero attached hydrogens (tertiary/aromatic N) is 2. The number of hydrogen-bond acceptors (Lipinski definition) is 3. The first-order chi connectivity index (χ1) is 6.61. The molecule has 5 heteroatoms. The van der Waals surface area contributed by atoms with Crippen LogP contribution in [-0.2, 0) is 0 Å². The van der Waals surface area contributed by atoms with Gasteiger partial charge in [0.05, 0.1) is 11.7 Å². The predicted molar refractivity (Wildman–Crippen MR) is 59.0 cm³/mol. The Kier molecular flexibility index (Phi) is 4.35. The van der Waals surface area contributed by atoms with Crippen LogP contribution in [-0.4, -0.2) is 34.8 Å². The minimum absolute atomic E-state index is 0.0183. The molecule has 0 aromatic carbocycles. The fraction of sp³-hybridized carbons (Fsp3) is 0.556. The van der Waals surface area contributed by atoms with E-state index in [4.69, 9.17) is 11.6 Å². The summed E-state index contributed by atoms with van der Waals surface area (Å²) in [6.45, 7) is 2.61. The Morgan fingerprint density at radius 1 is 1.79 bits per heavy atom. The molecule has 0 aliphatic heterocycles. The van der Waals surface area contributed by atoms with Crippen molar-refractivity contribution in [3.63, 3.8) is 0 Å². The Bertz CT molecular complexity index is 287. The number of aromatic nitrogens is 1. The summed E-state index contributed by atoms with van der Waals surface area (Å²) < 4.78 is 0. The Morgan fingerprint density at radius 2 is 2.50 bits per heavy atom. The van der Waals surface area contributed by atoms with E-state index in [-0.39, 0.29) is 11.3 Å². The highest BCUT2D eigenvalue weighted by molar-refractivity contribution is 7.11. The van der Waals surface area contributed by atoms with Crippen LogP contribution in [0.4, 0.5) is 0 Å². The molecule has 0 radical (unpaired) electrons. The zero-order chi connectivity index (χ0) is 10.6. The lowest BCUT2D eigenvalue weighted by atomic mass is 10.3. The van der Waals surface area contributed by atoms with E-state index < -0.39 is 0 Å². The maximum absolute atomic E-state index is 11.7. The summed E-state index contributed by atoms with van der Waals surface area (Å²) in [7, 11) is 1.78. The quantitative estimate of drug-likeness (QED) is 0.746. The fourth-order valence-electron chi connectivity index (χ4n) is 0.983. The molecule has 0 aliphatic carbocycles. The average Bonchev–Trinajstić information content (AvgIpc) is 2.65. The SMILES string of the molecule is CC(Cl)CCN(C)C(=O)c1cncs1. The summed E-state index contributed by atoms with van der Waals surface area (Å²) in [5, 5.41) is 0.103. The topological polar surface area (TPSA) is 33.2 Å². The number of thiazole rings is 1. The average molecular weight is 233 g/mol. The first-order valence-corrected chi connectivity index (χ1v) is 5.71. The Hall–Kier alpha value is -0.610. The Balaban J connectivity index is 2.45. The van der Waals surface area contributed by atoms with E-state index in [1.165, 1.54) is 11.3 Å². The molecule has 0 saturated heterocycles. The summed E-state index contributed by atoms with van der Waals surface area (Å²) in [4.78, 5) is 17.9. The molecule has 0 fully saturated rings. The van der Waals surface area contributed by atoms with Gasteiger partial charge >= 0.3 is 0 Å². The number of carbonyl (C=O) groups is 1. The molecule has 3 nitrogen and oxygen atoms in total. The van der Waals surface area contributed by atoms with Crippen LogP contribution in [0.15, 0.2) is 11.7 Å². The first-order valence-electron chi connectivity index (χ1n) is 4.39. The summed E-state index contributed by atoms with van der Waals surface area (Å²) in [5.74, 6) is 0.0183. The summed E-state index contributed by atoms with van der Waals surface area (Å²) in [6.07, 6.45) is 2.40. The second-order valence-electron chi connectivity index (χ2n) is 3.16. The van der Waals surface area contributed by atoms with Gasteiger partial charge in [-0.3, -0.25) is 9.78 Å². The zero-order valence-corrected chi connectivity index (χ0v) is 9.81. The molecule has 0 N–H and O–H groups in total. The molecule has 1 amide bonds. The minimum atomic E-state index is 0.0183. The molecule has 0 saturated carbocycles. The maximum Gasteiger partial charge on any atom is 0.265 e. The van der Waals surface area contributed by atoms with Crippen molar-refractivity contribution in [2.24, 2.45) is 0 Å². The molecule has 1 aromatic heterocycles. The van der Waals surface area contributed by atoms with Crippen molar-refractivity contribution in [2.75, 3.05) is 13.6 Å². The van der Waals surface area contributed by atoms with Crippen LogP contribution in [0.25, 0.3) is 0 Å². The lowest BCUT2D eigenvalue weighted by Gasteiger charge is -2.16. The van der Waals surface area contributed by atoms with Crippen LogP contribution in [0.1, 0.15) is 23.0 Å². The lowest BCUT2D eigenvalue weighted by molar-refractivity contribution is 0.0798. The van der Waals surface area contributed by atoms with E-state index in [0.29, 0.717) is 11.4 Å². The first kappa shape index (κ1) is 11.5. The molecule has 1 unspecified atom stereocenters. The van der Waals surface area contributed by atoms with E-state index in [0.717, 1.165) is 6.42 Å². The monoisotopic (exact) mass is 232 g/mol. The summed E-state index contributed by atoms with van der Waals surface area (Å²) in [5.41, 5.74) is 1.66. The number of alkyl halides is 1. The molecular formula is C9H13ClN2OS. The van der Waals surface area contributed by atoms with Crippen LogP contribution in [0, 0.1) is 0 Å². The van der Waals surface area contributed by atoms with Gasteiger partial charge in [-0.1, -0.05) is 0 Å². The standard InChI is InChI=1S/C9H13ClN2OS/c1-7(10)3-4-12(2)9(13)8-5-11-6-14-8/h5-7H,3-4H2,1-2H3. The van der Waals surface area contributed by atoms with E-state index in [9.17, 15) is 4.79 Å². The van der Waals surface area contributed by atoms with Crippen molar-refractivity contribution >= 4 is 28.8 Å². The van der Waals surface area contributed by atoms with Crippen molar-refractivity contribution in [1.82, 2.24) is 9.88 Å². The van der Waals surface area contributed by atoms with E-state index in [2.05, 4.69) is 4.98 Å². The van der Waals surface area contributed by atoms with Gasteiger partial charge in [-0.05, 0) is 13.3 Å². The number of hydrogen-bond donors (Lipinski definition) is 0. The lowest BCUT2D eigenvalue weighted by Crippen LogP contribution is -2.28. The number of halogens is 1. The van der Waals surface area contributed by atoms with Gasteiger partial charge in [0.15, 0.2) is 0 Å². The highest BCUT2D eigenvalue weighted by Crippen LogP contribution is 2.10. The molecule has 0 bridgehead atoms. The highest BCUT2D eigenvalue weighted by atomic mass is 35.5. The number of carbonyl (C=O) groups excluding carboxylic acids is 1. The minimum Gasteiger partial charge on any atom is -0.341 e. The predicted octanol–water partition coefficient (Wildman–Crippen LogP) is 2.23. The molecule has 1 atom stereocenters. The third-order valence-electron chi connectivity index (χ3n) is 1.85. The highest BCUT2D eigenvalue weighted by Gasteiger charge is 2.13. The largest absolute Gasteiger partial charge is 0.341 e. The van der Waals surface area contributed by atoms with Crippen LogP contribution in [0.5, 0.6) is 0 Å². The summed E-state index contributed by atoms with van der Waals surface area (Å²) >= 11 is 7.16. The second kappa shape index (κ2) is 5.32. The smallest absolute Gasteiger partial charge is 0.265 e. The maximum atomic E-state index is 11.7. The molecule has 1 aromatic rings. The van der Waals surface area contributed by atoms with Crippen LogP contribution < -0.4 is 0 Å². The van der Waals surface area contributed by atoms with Gasteiger partial charge < -0.3 is 4.90 Å². The molecular weight excluding hydrogens is 220 g/mol. The van der Waals surface area contributed by atoms with Crippen molar-refractivity contribution in [2.45, 2.75) is 18.7 Å². The third kappa shape index (κ3) is 3.27. The van der Waals surface area contributed by atoms with Gasteiger partial charge in [-0.25, -0.2) is 0 Å². The van der Waals surface area contributed by atoms with E-state index >= 15 is 0 Å². The van der Waals surface area contributed by atoms with Crippen LogP contribution in [0.3, 0.4) is 0 Å². The van der Waals surface area contributed by atoms with Gasteiger partial charge in [0.2, 0.25) is 0 Å². The molecule has 0 aliphatic rings. The summed E-state index contributed by atoms with van der Waals surface area (Å²) in [6, 6.07) is 0. The fourth-order valence-corrected chi connectivity index (χ4v) is 1.69. The van der Waals surface area contributed by atoms with Crippen LogP contribution in [0.2, 0.25) is 0 Å². The van der Waals surface area contributed by atoms with Gasteiger partial charge in [0.1, 0.15) is 4.88 Å². The van der Waals surface area contributed by atoms with Gasteiger partial charge in [-0.2, -0.15) is 0 Å². The zero-order valence-electron chi connectivity index (χ0n) is 8.24. The van der Waals surface area contributed by atoms with Crippen molar-refractivity contribution in [3.05, 3.63) is 16.6 Å². The molecule has 14 heavy (non-hydrogen) atoms. The van der Waals surface area contributed by atoms with E-state index in [1.54, 1.807) is 23.7 Å². The van der Waals surface area contributed by atoms with Crippen molar-refractivity contribution < 1.29 is 4.79 Å². The number of rotatable bonds is 4. The van der Waals surface area contributed by atoms with Crippen molar-refractivity contribution in [3.8, 4) is 0 Å². The van der Waals surface area contributed by atoms with Crippen LogP contribution >= 0.6 is 22.9 Å². The molecule has 0 spiro atoms. The molecule has 78 valence electrons. The molecule has 1 rings (SSSR count). The van der Waals surface area contributed by atoms with Crippen molar-refractivity contribution in [1.29, 1.82) is 0 Å². The second-order valence-corrected chi connectivity index (χ2v) is 4.79.